The van der Waals surface area contributed by atoms with E-state index in [0.29, 0.717) is 38.4 Å². The summed E-state index contributed by atoms with van der Waals surface area (Å²) in [6, 6.07) is 3.57. The second-order valence-corrected chi connectivity index (χ2v) is 3.15. The molecular formula is C11H16O4. The van der Waals surface area contributed by atoms with E-state index < -0.39 is 0 Å². The van der Waals surface area contributed by atoms with Crippen molar-refractivity contribution >= 4 is 5.78 Å². The number of methoxy groups -OCH3 is 1. The van der Waals surface area contributed by atoms with Gasteiger partial charge in [0.25, 0.3) is 0 Å². The van der Waals surface area contributed by atoms with Gasteiger partial charge < -0.3 is 13.9 Å². The first-order chi connectivity index (χ1) is 7.33. The zero-order valence-electron chi connectivity index (χ0n) is 8.90. The number of ether oxygens (including phenoxy) is 2. The van der Waals surface area contributed by atoms with E-state index in [4.69, 9.17) is 13.9 Å². The molecule has 0 aliphatic carbocycles. The second kappa shape index (κ2) is 7.20. The average Bonchev–Trinajstić information content (AvgIpc) is 2.70. The molecule has 1 rings (SSSR count). The molecule has 84 valence electrons. The van der Waals surface area contributed by atoms with Gasteiger partial charge in [-0.05, 0) is 12.1 Å². The molecular weight excluding hydrogens is 196 g/mol. The number of hydrogen-bond acceptors (Lipinski definition) is 4. The molecule has 1 aromatic rings. The number of carbonyl (C=O) groups is 1. The van der Waals surface area contributed by atoms with Crippen LogP contribution in [0.4, 0.5) is 0 Å². The molecule has 0 spiro atoms. The van der Waals surface area contributed by atoms with Crippen molar-refractivity contribution in [3.63, 3.8) is 0 Å². The number of Topliss-reactive ketones (excluding diaryl/α,β-unsaturated/α-hetero) is 1. The normalized spacial score (nSPS) is 10.5. The molecule has 0 radical (unpaired) electrons. The molecule has 0 amide bonds. The molecule has 0 unspecified atom stereocenters. The first kappa shape index (κ1) is 11.9. The summed E-state index contributed by atoms with van der Waals surface area (Å²) in [5.41, 5.74) is 0. The van der Waals surface area contributed by atoms with Crippen LogP contribution in [0.15, 0.2) is 22.8 Å². The fourth-order valence-electron chi connectivity index (χ4n) is 1.13. The fraction of sp³-hybridized carbons (Fsp3) is 0.545. The summed E-state index contributed by atoms with van der Waals surface area (Å²) < 4.78 is 15.1. The van der Waals surface area contributed by atoms with Crippen molar-refractivity contribution in [1.29, 1.82) is 0 Å². The lowest BCUT2D eigenvalue weighted by Crippen LogP contribution is -2.09. The van der Waals surface area contributed by atoms with Crippen LogP contribution in [0, 0.1) is 0 Å². The minimum atomic E-state index is 0.127. The maximum atomic E-state index is 11.4. The van der Waals surface area contributed by atoms with Crippen molar-refractivity contribution < 1.29 is 18.7 Å². The molecule has 0 saturated heterocycles. The van der Waals surface area contributed by atoms with Crippen molar-refractivity contribution in [3.8, 4) is 0 Å². The van der Waals surface area contributed by atoms with Gasteiger partial charge in [0.1, 0.15) is 11.5 Å². The first-order valence-corrected chi connectivity index (χ1v) is 4.93. The minimum Gasteiger partial charge on any atom is -0.469 e. The summed E-state index contributed by atoms with van der Waals surface area (Å²) in [5, 5.41) is 0. The lowest BCUT2D eigenvalue weighted by Gasteiger charge is -2.02. The number of furan rings is 1. The lowest BCUT2D eigenvalue weighted by molar-refractivity contribution is -0.119. The molecule has 15 heavy (non-hydrogen) atoms. The zero-order chi connectivity index (χ0) is 10.9. The SMILES string of the molecule is COCCOCCC(=O)Cc1ccco1. The number of ketones is 1. The van der Waals surface area contributed by atoms with E-state index in [-0.39, 0.29) is 5.78 Å². The highest BCUT2D eigenvalue weighted by molar-refractivity contribution is 5.80. The Morgan fingerprint density at radius 2 is 2.27 bits per heavy atom. The summed E-state index contributed by atoms with van der Waals surface area (Å²) in [7, 11) is 1.62. The van der Waals surface area contributed by atoms with Crippen LogP contribution in [0.2, 0.25) is 0 Å². The molecule has 4 heteroatoms. The van der Waals surface area contributed by atoms with Gasteiger partial charge in [-0.3, -0.25) is 4.79 Å². The van der Waals surface area contributed by atoms with Crippen molar-refractivity contribution in [2.45, 2.75) is 12.8 Å². The number of rotatable bonds is 8. The van der Waals surface area contributed by atoms with Gasteiger partial charge in [-0.25, -0.2) is 0 Å². The van der Waals surface area contributed by atoms with Crippen LogP contribution < -0.4 is 0 Å². The highest BCUT2D eigenvalue weighted by Gasteiger charge is 2.05. The van der Waals surface area contributed by atoms with E-state index in [1.807, 2.05) is 0 Å². The number of hydrogen-bond donors (Lipinski definition) is 0. The van der Waals surface area contributed by atoms with E-state index in [1.165, 1.54) is 0 Å². The monoisotopic (exact) mass is 212 g/mol. The maximum absolute atomic E-state index is 11.4. The van der Waals surface area contributed by atoms with Crippen molar-refractivity contribution in [2.75, 3.05) is 26.9 Å². The van der Waals surface area contributed by atoms with Crippen LogP contribution in [0.5, 0.6) is 0 Å². The molecule has 1 heterocycles. The van der Waals surface area contributed by atoms with Gasteiger partial charge in [-0.15, -0.1) is 0 Å². The van der Waals surface area contributed by atoms with Gasteiger partial charge >= 0.3 is 0 Å². The second-order valence-electron chi connectivity index (χ2n) is 3.15. The van der Waals surface area contributed by atoms with E-state index in [1.54, 1.807) is 25.5 Å². The van der Waals surface area contributed by atoms with Gasteiger partial charge in [0.15, 0.2) is 0 Å². The zero-order valence-corrected chi connectivity index (χ0v) is 8.90. The Morgan fingerprint density at radius 3 is 2.93 bits per heavy atom. The summed E-state index contributed by atoms with van der Waals surface area (Å²) in [4.78, 5) is 11.4. The molecule has 0 atom stereocenters. The Balaban J connectivity index is 2.04. The predicted molar refractivity (Wildman–Crippen MR) is 54.7 cm³/mol. The molecule has 0 aliphatic rings. The molecule has 0 N–H and O–H groups in total. The van der Waals surface area contributed by atoms with Gasteiger partial charge in [0.2, 0.25) is 0 Å². The Kier molecular flexibility index (Phi) is 5.73. The molecule has 0 bridgehead atoms. The van der Waals surface area contributed by atoms with Crippen LogP contribution in [-0.2, 0) is 20.7 Å². The highest BCUT2D eigenvalue weighted by atomic mass is 16.5. The van der Waals surface area contributed by atoms with Crippen molar-refractivity contribution in [3.05, 3.63) is 24.2 Å². The average molecular weight is 212 g/mol. The van der Waals surface area contributed by atoms with E-state index in [2.05, 4.69) is 0 Å². The van der Waals surface area contributed by atoms with Crippen LogP contribution in [-0.4, -0.2) is 32.7 Å². The third-order valence-corrected chi connectivity index (χ3v) is 1.91. The largest absolute Gasteiger partial charge is 0.469 e. The summed E-state index contributed by atoms with van der Waals surface area (Å²) in [6.07, 6.45) is 2.34. The smallest absolute Gasteiger partial charge is 0.142 e. The van der Waals surface area contributed by atoms with Gasteiger partial charge in [0, 0.05) is 13.5 Å². The fourth-order valence-corrected chi connectivity index (χ4v) is 1.13. The minimum absolute atomic E-state index is 0.127. The van der Waals surface area contributed by atoms with Gasteiger partial charge in [-0.2, -0.15) is 0 Å². The molecule has 0 aromatic carbocycles. The van der Waals surface area contributed by atoms with Crippen LogP contribution in [0.3, 0.4) is 0 Å². The quantitative estimate of drug-likeness (QED) is 0.612. The summed E-state index contributed by atoms with van der Waals surface area (Å²) in [5.74, 6) is 0.833. The van der Waals surface area contributed by atoms with Crippen molar-refractivity contribution in [2.24, 2.45) is 0 Å². The molecule has 0 saturated carbocycles. The first-order valence-electron chi connectivity index (χ1n) is 4.93. The summed E-state index contributed by atoms with van der Waals surface area (Å²) in [6.45, 7) is 1.54. The molecule has 0 fully saturated rings. The standard InChI is InChI=1S/C11H16O4/c1-13-7-8-14-6-4-10(12)9-11-3-2-5-15-11/h2-3,5H,4,6-9H2,1H3. The van der Waals surface area contributed by atoms with Crippen LogP contribution in [0.25, 0.3) is 0 Å². The van der Waals surface area contributed by atoms with E-state index in [0.717, 1.165) is 0 Å². The van der Waals surface area contributed by atoms with Crippen LogP contribution in [0.1, 0.15) is 12.2 Å². The van der Waals surface area contributed by atoms with Crippen LogP contribution >= 0.6 is 0 Å². The van der Waals surface area contributed by atoms with E-state index >= 15 is 0 Å². The Morgan fingerprint density at radius 1 is 1.40 bits per heavy atom. The Labute approximate surface area is 89.2 Å². The predicted octanol–water partition coefficient (Wildman–Crippen LogP) is 1.44. The van der Waals surface area contributed by atoms with Gasteiger partial charge in [-0.1, -0.05) is 0 Å². The summed E-state index contributed by atoms with van der Waals surface area (Å²) >= 11 is 0. The Hall–Kier alpha value is -1.13. The molecule has 1 aromatic heterocycles. The van der Waals surface area contributed by atoms with E-state index in [9.17, 15) is 4.79 Å². The maximum Gasteiger partial charge on any atom is 0.142 e. The Bertz CT molecular complexity index is 266. The van der Waals surface area contributed by atoms with Crippen molar-refractivity contribution in [1.82, 2.24) is 0 Å². The lowest BCUT2D eigenvalue weighted by atomic mass is 10.2. The molecule has 4 nitrogen and oxygen atoms in total. The molecule has 0 aliphatic heterocycles. The third-order valence-electron chi connectivity index (χ3n) is 1.91. The number of carbonyl (C=O) groups excluding carboxylic acids is 1. The van der Waals surface area contributed by atoms with Gasteiger partial charge in [0.05, 0.1) is 32.5 Å². The topological polar surface area (TPSA) is 48.7 Å². The highest BCUT2D eigenvalue weighted by Crippen LogP contribution is 2.02. The third kappa shape index (κ3) is 5.34.